The van der Waals surface area contributed by atoms with Gasteiger partial charge in [0.15, 0.2) is 5.76 Å². The van der Waals surface area contributed by atoms with E-state index < -0.39 is 17.9 Å². The molecule has 1 aromatic heterocycles. The molecule has 1 unspecified atom stereocenters. The average Bonchev–Trinajstić information content (AvgIpc) is 3.46. The van der Waals surface area contributed by atoms with Crippen LogP contribution in [0.3, 0.4) is 0 Å². The molecule has 12 heteroatoms. The van der Waals surface area contributed by atoms with E-state index in [1.807, 2.05) is 13.8 Å². The number of carbonyl (C=O) groups is 4. The third kappa shape index (κ3) is 9.38. The molecule has 40 heavy (non-hydrogen) atoms. The second-order valence-corrected chi connectivity index (χ2v) is 9.17. The number of carbonyl (C=O) groups excluding carboxylic acids is 4. The Kier molecular flexibility index (Phi) is 13.7. The van der Waals surface area contributed by atoms with Crippen molar-refractivity contribution >= 4 is 24.1 Å². The Morgan fingerprint density at radius 3 is 2.50 bits per heavy atom. The van der Waals surface area contributed by atoms with Crippen molar-refractivity contribution in [2.75, 3.05) is 26.4 Å². The van der Waals surface area contributed by atoms with E-state index in [1.165, 1.54) is 6.07 Å². The second kappa shape index (κ2) is 16.9. The van der Waals surface area contributed by atoms with Crippen LogP contribution >= 0.6 is 0 Å². The van der Waals surface area contributed by atoms with Crippen LogP contribution < -0.4 is 26.4 Å². The summed E-state index contributed by atoms with van der Waals surface area (Å²) in [6.45, 7) is 6.50. The van der Waals surface area contributed by atoms with Gasteiger partial charge in [0.05, 0.1) is 25.2 Å². The Morgan fingerprint density at radius 1 is 1.07 bits per heavy atom. The molecule has 0 saturated heterocycles. The number of ether oxygens (including phenoxy) is 1. The van der Waals surface area contributed by atoms with Gasteiger partial charge >= 0.3 is 0 Å². The summed E-state index contributed by atoms with van der Waals surface area (Å²) in [6, 6.07) is 7.36. The van der Waals surface area contributed by atoms with E-state index in [1.54, 1.807) is 31.2 Å². The summed E-state index contributed by atoms with van der Waals surface area (Å²) in [5.74, 6) is -1.05. The van der Waals surface area contributed by atoms with Gasteiger partial charge in [0.2, 0.25) is 12.3 Å². The minimum Gasteiger partial charge on any atom is -0.494 e. The number of rotatable bonds is 18. The first-order valence-corrected chi connectivity index (χ1v) is 13.6. The van der Waals surface area contributed by atoms with Gasteiger partial charge in [-0.05, 0) is 50.1 Å². The van der Waals surface area contributed by atoms with Gasteiger partial charge in [0, 0.05) is 24.2 Å². The molecule has 0 aliphatic heterocycles. The fourth-order valence-corrected chi connectivity index (χ4v) is 4.30. The zero-order valence-corrected chi connectivity index (χ0v) is 23.4. The summed E-state index contributed by atoms with van der Waals surface area (Å²) >= 11 is 0. The first-order chi connectivity index (χ1) is 19.3. The number of nitrogens with two attached hydrogens (primary N) is 1. The van der Waals surface area contributed by atoms with Gasteiger partial charge in [-0.25, -0.2) is 5.06 Å². The Bertz CT molecular complexity index is 1120. The van der Waals surface area contributed by atoms with Crippen molar-refractivity contribution < 1.29 is 33.5 Å². The van der Waals surface area contributed by atoms with E-state index in [9.17, 15) is 24.4 Å². The first-order valence-electron chi connectivity index (χ1n) is 13.6. The molecular weight excluding hydrogens is 518 g/mol. The van der Waals surface area contributed by atoms with E-state index in [2.05, 4.69) is 16.0 Å². The molecule has 0 saturated carbocycles. The Balaban J connectivity index is 2.09. The topological polar surface area (TPSA) is 176 Å². The molecule has 0 aliphatic rings. The fraction of sp³-hybridized carbons (Fsp3) is 0.500. The highest BCUT2D eigenvalue weighted by Gasteiger charge is 2.30. The molecule has 4 amide bonds. The third-order valence-electron chi connectivity index (χ3n) is 6.32. The van der Waals surface area contributed by atoms with E-state index in [-0.39, 0.29) is 24.2 Å². The average molecular weight is 560 g/mol. The minimum atomic E-state index is -0.674. The number of benzene rings is 1. The lowest BCUT2D eigenvalue weighted by atomic mass is 9.90. The Hall–Kier alpha value is -3.90. The summed E-state index contributed by atoms with van der Waals surface area (Å²) in [7, 11) is 0. The van der Waals surface area contributed by atoms with Crippen LogP contribution in [0.1, 0.15) is 73.8 Å². The maximum atomic E-state index is 12.9. The van der Waals surface area contributed by atoms with Crippen molar-refractivity contribution in [3.63, 3.8) is 0 Å². The summed E-state index contributed by atoms with van der Waals surface area (Å²) in [6.07, 6.45) is 3.82. The van der Waals surface area contributed by atoms with Crippen LogP contribution in [0.15, 0.2) is 34.7 Å². The molecule has 2 rings (SSSR count). The molecule has 0 spiro atoms. The van der Waals surface area contributed by atoms with Crippen LogP contribution in [0.2, 0.25) is 0 Å². The lowest BCUT2D eigenvalue weighted by molar-refractivity contribution is -0.168. The van der Waals surface area contributed by atoms with Gasteiger partial charge < -0.3 is 30.8 Å². The van der Waals surface area contributed by atoms with Crippen LogP contribution in [-0.4, -0.2) is 66.8 Å². The molecule has 1 aromatic carbocycles. The highest BCUT2D eigenvalue weighted by Crippen LogP contribution is 2.28. The van der Waals surface area contributed by atoms with Crippen molar-refractivity contribution in [2.24, 2.45) is 11.7 Å². The van der Waals surface area contributed by atoms with Crippen LogP contribution in [-0.2, 0) is 9.59 Å². The van der Waals surface area contributed by atoms with Crippen molar-refractivity contribution in [3.8, 4) is 17.1 Å². The summed E-state index contributed by atoms with van der Waals surface area (Å²) in [4.78, 5) is 49.2. The lowest BCUT2D eigenvalue weighted by Crippen LogP contribution is -2.47. The van der Waals surface area contributed by atoms with E-state index in [0.717, 1.165) is 19.3 Å². The van der Waals surface area contributed by atoms with Gasteiger partial charge in [-0.15, -0.1) is 0 Å². The molecule has 1 heterocycles. The van der Waals surface area contributed by atoms with Crippen molar-refractivity contribution in [1.82, 2.24) is 21.0 Å². The molecule has 0 bridgehead atoms. The number of nitrogens with one attached hydrogen (secondary N) is 3. The predicted octanol–water partition coefficient (Wildman–Crippen LogP) is 2.66. The number of nitrogens with zero attached hydrogens (tertiary/aromatic N) is 1. The van der Waals surface area contributed by atoms with Gasteiger partial charge in [-0.3, -0.25) is 24.4 Å². The van der Waals surface area contributed by atoms with Crippen LogP contribution in [0.5, 0.6) is 5.75 Å². The molecule has 0 fully saturated rings. The Labute approximate surface area is 234 Å². The van der Waals surface area contributed by atoms with Crippen molar-refractivity contribution in [1.29, 1.82) is 0 Å². The lowest BCUT2D eigenvalue weighted by Gasteiger charge is -2.29. The van der Waals surface area contributed by atoms with Gasteiger partial charge in [-0.1, -0.05) is 33.1 Å². The zero-order chi connectivity index (χ0) is 29.5. The molecule has 220 valence electrons. The van der Waals surface area contributed by atoms with Gasteiger partial charge in [0.1, 0.15) is 11.5 Å². The maximum absolute atomic E-state index is 12.9. The second-order valence-electron chi connectivity index (χ2n) is 9.17. The molecule has 2 aromatic rings. The number of unbranched alkanes of at least 4 members (excludes halogenated alkanes) is 2. The molecule has 12 nitrogen and oxygen atoms in total. The minimum absolute atomic E-state index is 0.00798. The normalized spacial score (nSPS) is 12.2. The molecule has 0 radical (unpaired) electrons. The number of amides is 4. The van der Waals surface area contributed by atoms with Gasteiger partial charge in [-0.2, -0.15) is 0 Å². The fourth-order valence-electron chi connectivity index (χ4n) is 4.30. The van der Waals surface area contributed by atoms with Crippen molar-refractivity contribution in [3.05, 3.63) is 41.7 Å². The quantitative estimate of drug-likeness (QED) is 0.0609. The summed E-state index contributed by atoms with van der Waals surface area (Å²) < 4.78 is 11.3. The Morgan fingerprint density at radius 2 is 1.85 bits per heavy atom. The predicted molar refractivity (Wildman–Crippen MR) is 149 cm³/mol. The van der Waals surface area contributed by atoms with E-state index in [0.29, 0.717) is 66.6 Å². The van der Waals surface area contributed by atoms with E-state index in [4.69, 9.17) is 14.9 Å². The molecule has 2 atom stereocenters. The zero-order valence-electron chi connectivity index (χ0n) is 23.4. The molecule has 0 aliphatic carbocycles. The van der Waals surface area contributed by atoms with Gasteiger partial charge in [0.25, 0.3) is 11.8 Å². The maximum Gasteiger partial charge on any atom is 0.288 e. The summed E-state index contributed by atoms with van der Waals surface area (Å²) in [5, 5.41) is 18.5. The standard InChI is InChI=1S/C28H41N5O7/c1-4-7-8-9-22(23(5-2)33(38)18-34)27(36)31-17-32-28(37)25-11-10-24(40-25)19-14-20(26(35)30-13-12-29)16-21(15-19)39-6-3/h10-11,14-16,18,22-23,38H,4-9,12-13,17,29H2,1-3H3,(H,30,35)(H,31,36)(H,32,37)/t22?,23-/m1/s1. The van der Waals surface area contributed by atoms with E-state index >= 15 is 0 Å². The van der Waals surface area contributed by atoms with Crippen LogP contribution in [0.25, 0.3) is 11.3 Å². The molecule has 6 N–H and O–H groups in total. The number of hydrogen-bond donors (Lipinski definition) is 5. The SMILES string of the molecule is CCCCCC(C(=O)NCNC(=O)c1ccc(-c2cc(OCC)cc(C(=O)NCCN)c2)o1)[C@@H](CC)N(O)C=O. The van der Waals surface area contributed by atoms with Crippen molar-refractivity contribution in [2.45, 2.75) is 58.9 Å². The highest BCUT2D eigenvalue weighted by molar-refractivity contribution is 5.96. The smallest absolute Gasteiger partial charge is 0.288 e. The monoisotopic (exact) mass is 559 g/mol. The first kappa shape index (κ1) is 32.3. The summed E-state index contributed by atoms with van der Waals surface area (Å²) in [5.41, 5.74) is 6.37. The number of furan rings is 1. The highest BCUT2D eigenvalue weighted by atomic mass is 16.5. The number of hydroxylamine groups is 2. The number of hydrogen-bond acceptors (Lipinski definition) is 8. The largest absolute Gasteiger partial charge is 0.494 e. The molecular formula is C28H41N5O7. The third-order valence-corrected chi connectivity index (χ3v) is 6.32. The van der Waals surface area contributed by atoms with Crippen LogP contribution in [0.4, 0.5) is 0 Å². The van der Waals surface area contributed by atoms with Crippen LogP contribution in [0, 0.1) is 5.92 Å².